The van der Waals surface area contributed by atoms with Gasteiger partial charge in [0.2, 0.25) is 21.8 Å². The first-order valence-electron chi connectivity index (χ1n) is 11.5. The molecule has 1 N–H and O–H groups in total. The first kappa shape index (κ1) is 28.9. The summed E-state index contributed by atoms with van der Waals surface area (Å²) in [6, 6.07) is 13.0. The van der Waals surface area contributed by atoms with Crippen molar-refractivity contribution in [3.8, 4) is 0 Å². The summed E-state index contributed by atoms with van der Waals surface area (Å²) in [5.41, 5.74) is 1.23. The van der Waals surface area contributed by atoms with Crippen molar-refractivity contribution in [2.45, 2.75) is 58.7 Å². The molecule has 0 aromatic heterocycles. The molecule has 10 heteroatoms. The maximum atomic E-state index is 13.3. The molecule has 0 spiro atoms. The highest BCUT2D eigenvalue weighted by Crippen LogP contribution is 2.23. The van der Waals surface area contributed by atoms with E-state index in [1.807, 2.05) is 19.9 Å². The van der Waals surface area contributed by atoms with E-state index in [1.165, 1.54) is 9.21 Å². The van der Waals surface area contributed by atoms with Crippen LogP contribution in [0.2, 0.25) is 10.0 Å². The van der Waals surface area contributed by atoms with Crippen LogP contribution in [0.5, 0.6) is 0 Å². The topological polar surface area (TPSA) is 86.8 Å². The van der Waals surface area contributed by atoms with Crippen LogP contribution in [0.4, 0.5) is 5.69 Å². The van der Waals surface area contributed by atoms with E-state index in [0.29, 0.717) is 15.7 Å². The molecular weight excluding hydrogens is 509 g/mol. The third-order valence-electron chi connectivity index (χ3n) is 5.66. The quantitative estimate of drug-likeness (QED) is 0.415. The monoisotopic (exact) mass is 541 g/mol. The zero-order chi connectivity index (χ0) is 26.2. The molecule has 0 saturated heterocycles. The second-order valence-electron chi connectivity index (χ2n) is 8.56. The minimum atomic E-state index is -3.58. The van der Waals surface area contributed by atoms with Crippen LogP contribution in [0.3, 0.4) is 0 Å². The molecule has 0 unspecified atom stereocenters. The molecule has 0 fully saturated rings. The van der Waals surface area contributed by atoms with Gasteiger partial charge < -0.3 is 10.2 Å². The van der Waals surface area contributed by atoms with Crippen molar-refractivity contribution in [2.24, 2.45) is 0 Å². The Labute approximate surface area is 218 Å². The van der Waals surface area contributed by atoms with E-state index >= 15 is 0 Å². The molecule has 0 aliphatic rings. The van der Waals surface area contributed by atoms with Crippen molar-refractivity contribution in [3.05, 3.63) is 64.1 Å². The van der Waals surface area contributed by atoms with Gasteiger partial charge in [0.1, 0.15) is 6.04 Å². The van der Waals surface area contributed by atoms with Crippen LogP contribution >= 0.6 is 23.2 Å². The fraction of sp³-hybridized carbons (Fsp3) is 0.440. The SMILES string of the molecule is CC[C@H](C)NC(=O)[C@@H](C)N(Cc1cccc(Cl)c1)C(=O)CCCN(c1cccc(Cl)c1)S(C)(=O)=O. The Morgan fingerprint density at radius 3 is 2.23 bits per heavy atom. The Balaban J connectivity index is 2.17. The number of rotatable bonds is 12. The van der Waals surface area contributed by atoms with Gasteiger partial charge in [-0.25, -0.2) is 8.42 Å². The average Bonchev–Trinajstić information content (AvgIpc) is 2.78. The van der Waals surface area contributed by atoms with Crippen LogP contribution < -0.4 is 9.62 Å². The van der Waals surface area contributed by atoms with Crippen molar-refractivity contribution in [3.63, 3.8) is 0 Å². The summed E-state index contributed by atoms with van der Waals surface area (Å²) in [4.78, 5) is 27.6. The van der Waals surface area contributed by atoms with Gasteiger partial charge in [-0.2, -0.15) is 0 Å². The average molecular weight is 543 g/mol. The van der Waals surface area contributed by atoms with Crippen LogP contribution in [0, 0.1) is 0 Å². The van der Waals surface area contributed by atoms with Gasteiger partial charge in [-0.3, -0.25) is 13.9 Å². The molecule has 0 aliphatic carbocycles. The lowest BCUT2D eigenvalue weighted by molar-refractivity contribution is -0.140. The number of hydrogen-bond donors (Lipinski definition) is 1. The summed E-state index contributed by atoms with van der Waals surface area (Å²) < 4.78 is 26.0. The van der Waals surface area contributed by atoms with E-state index in [-0.39, 0.29) is 43.8 Å². The molecule has 0 heterocycles. The number of anilines is 1. The Morgan fingerprint density at radius 1 is 1.03 bits per heavy atom. The van der Waals surface area contributed by atoms with Crippen LogP contribution in [0.25, 0.3) is 0 Å². The summed E-state index contributed by atoms with van der Waals surface area (Å²) in [7, 11) is -3.58. The molecule has 2 rings (SSSR count). The van der Waals surface area contributed by atoms with E-state index in [9.17, 15) is 18.0 Å². The fourth-order valence-corrected chi connectivity index (χ4v) is 4.87. The second-order valence-corrected chi connectivity index (χ2v) is 11.3. The predicted octanol–water partition coefficient (Wildman–Crippen LogP) is 4.87. The van der Waals surface area contributed by atoms with Gasteiger partial charge in [0, 0.05) is 35.6 Å². The Bertz CT molecular complexity index is 1130. The predicted molar refractivity (Wildman–Crippen MR) is 142 cm³/mol. The molecule has 0 aliphatic heterocycles. The van der Waals surface area contributed by atoms with E-state index in [2.05, 4.69) is 5.32 Å². The lowest BCUT2D eigenvalue weighted by Crippen LogP contribution is -2.49. The standard InChI is InChI=1S/C25H33Cl2N3O4S/c1-5-18(2)28-25(32)19(3)29(17-20-9-6-10-21(26)15-20)24(31)13-8-14-30(35(4,33)34)23-12-7-11-22(27)16-23/h6-7,9-12,15-16,18-19H,5,8,13-14,17H2,1-4H3,(H,28,32)/t18-,19+/m0/s1. The molecule has 2 aromatic rings. The van der Waals surface area contributed by atoms with E-state index < -0.39 is 16.1 Å². The van der Waals surface area contributed by atoms with Gasteiger partial charge in [0.05, 0.1) is 11.9 Å². The number of benzene rings is 2. The zero-order valence-electron chi connectivity index (χ0n) is 20.5. The van der Waals surface area contributed by atoms with Gasteiger partial charge in [-0.15, -0.1) is 0 Å². The van der Waals surface area contributed by atoms with E-state index in [0.717, 1.165) is 18.2 Å². The van der Waals surface area contributed by atoms with Crippen molar-refractivity contribution < 1.29 is 18.0 Å². The number of nitrogens with zero attached hydrogens (tertiary/aromatic N) is 2. The van der Waals surface area contributed by atoms with Crippen molar-refractivity contribution in [1.82, 2.24) is 10.2 Å². The summed E-state index contributed by atoms with van der Waals surface area (Å²) >= 11 is 12.1. The van der Waals surface area contributed by atoms with Gasteiger partial charge in [-0.05, 0) is 62.6 Å². The molecular formula is C25H33Cl2N3O4S. The minimum absolute atomic E-state index is 0.0194. The number of carbonyl (C=O) groups is 2. The Kier molecular flexibility index (Phi) is 10.9. The molecule has 0 saturated carbocycles. The lowest BCUT2D eigenvalue weighted by atomic mass is 10.1. The number of sulfonamides is 1. The summed E-state index contributed by atoms with van der Waals surface area (Å²) in [6.07, 6.45) is 2.21. The minimum Gasteiger partial charge on any atom is -0.352 e. The van der Waals surface area contributed by atoms with Gasteiger partial charge in [0.15, 0.2) is 0 Å². The number of nitrogens with one attached hydrogen (secondary N) is 1. The van der Waals surface area contributed by atoms with E-state index in [4.69, 9.17) is 23.2 Å². The molecule has 192 valence electrons. The van der Waals surface area contributed by atoms with Crippen molar-refractivity contribution >= 4 is 50.7 Å². The molecule has 35 heavy (non-hydrogen) atoms. The highest BCUT2D eigenvalue weighted by atomic mass is 35.5. The third-order valence-corrected chi connectivity index (χ3v) is 7.32. The number of halogens is 2. The number of carbonyl (C=O) groups excluding carboxylic acids is 2. The van der Waals surface area contributed by atoms with Crippen LogP contribution in [0.1, 0.15) is 45.6 Å². The van der Waals surface area contributed by atoms with Gasteiger partial charge in [-0.1, -0.05) is 48.3 Å². The van der Waals surface area contributed by atoms with Gasteiger partial charge in [0.25, 0.3) is 0 Å². The zero-order valence-corrected chi connectivity index (χ0v) is 22.8. The molecule has 2 amide bonds. The van der Waals surface area contributed by atoms with Crippen molar-refractivity contribution in [1.29, 1.82) is 0 Å². The lowest BCUT2D eigenvalue weighted by Gasteiger charge is -2.30. The molecule has 0 bridgehead atoms. The summed E-state index contributed by atoms with van der Waals surface area (Å²) in [5.74, 6) is -0.497. The van der Waals surface area contributed by atoms with Crippen molar-refractivity contribution in [2.75, 3.05) is 17.1 Å². The number of amides is 2. The second kappa shape index (κ2) is 13.1. The van der Waals surface area contributed by atoms with Crippen LogP contribution in [-0.2, 0) is 26.2 Å². The van der Waals surface area contributed by atoms with Gasteiger partial charge >= 0.3 is 0 Å². The van der Waals surface area contributed by atoms with Crippen LogP contribution in [0.15, 0.2) is 48.5 Å². The van der Waals surface area contributed by atoms with Crippen LogP contribution in [-0.4, -0.2) is 50.0 Å². The van der Waals surface area contributed by atoms with E-state index in [1.54, 1.807) is 49.4 Å². The Hall–Kier alpha value is -2.29. The first-order valence-corrected chi connectivity index (χ1v) is 14.1. The smallest absolute Gasteiger partial charge is 0.242 e. The molecule has 7 nitrogen and oxygen atoms in total. The highest BCUT2D eigenvalue weighted by molar-refractivity contribution is 7.92. The third kappa shape index (κ3) is 9.02. The molecule has 2 atom stereocenters. The number of hydrogen-bond acceptors (Lipinski definition) is 4. The largest absolute Gasteiger partial charge is 0.352 e. The summed E-state index contributed by atoms with van der Waals surface area (Å²) in [6.45, 7) is 5.87. The summed E-state index contributed by atoms with van der Waals surface area (Å²) in [5, 5.41) is 3.88. The maximum absolute atomic E-state index is 13.3. The normalized spacial score (nSPS) is 13.1. The Morgan fingerprint density at radius 2 is 1.66 bits per heavy atom. The fourth-order valence-electron chi connectivity index (χ4n) is 3.52. The maximum Gasteiger partial charge on any atom is 0.242 e. The molecule has 0 radical (unpaired) electrons. The first-order chi connectivity index (χ1) is 16.4. The highest BCUT2D eigenvalue weighted by Gasteiger charge is 2.27. The molecule has 2 aromatic carbocycles.